The van der Waals surface area contributed by atoms with Crippen molar-refractivity contribution in [1.29, 1.82) is 0 Å². The molecule has 1 amide bonds. The largest absolute Gasteiger partial charge is 0.441 e. The van der Waals surface area contributed by atoms with Crippen molar-refractivity contribution in [3.8, 4) is 11.4 Å². The molecule has 1 aliphatic heterocycles. The Bertz CT molecular complexity index is 1020. The van der Waals surface area contributed by atoms with Crippen LogP contribution in [0, 0.1) is 5.92 Å². The van der Waals surface area contributed by atoms with Crippen LogP contribution in [-0.4, -0.2) is 49.7 Å². The highest BCUT2D eigenvalue weighted by Crippen LogP contribution is 2.40. The van der Waals surface area contributed by atoms with Crippen LogP contribution < -0.4 is 10.2 Å². The molecule has 1 spiro atoms. The minimum atomic E-state index is -0.404. The van der Waals surface area contributed by atoms with Gasteiger partial charge in [-0.25, -0.2) is 29.7 Å². The zero-order chi connectivity index (χ0) is 21.1. The van der Waals surface area contributed by atoms with Gasteiger partial charge in [-0.1, -0.05) is 6.07 Å². The van der Waals surface area contributed by atoms with Crippen molar-refractivity contribution in [3.05, 3.63) is 55.2 Å². The molecule has 4 heterocycles. The highest BCUT2D eigenvalue weighted by Gasteiger charge is 2.47. The van der Waals surface area contributed by atoms with Gasteiger partial charge >= 0.3 is 6.09 Å². The number of hydrogen-bond donors (Lipinski definition) is 1. The van der Waals surface area contributed by atoms with Crippen LogP contribution in [-0.2, 0) is 4.74 Å². The first-order valence-electron chi connectivity index (χ1n) is 10.5. The first-order valence-corrected chi connectivity index (χ1v) is 10.5. The van der Waals surface area contributed by atoms with E-state index in [4.69, 9.17) is 4.74 Å². The average Bonchev–Trinajstić information content (AvgIpc) is 3.16. The normalized spacial score (nSPS) is 23.0. The molecule has 5 rings (SSSR count). The van der Waals surface area contributed by atoms with E-state index >= 15 is 0 Å². The van der Waals surface area contributed by atoms with Gasteiger partial charge in [0.15, 0.2) is 5.82 Å². The number of nitrogens with zero attached hydrogens (tertiary/aromatic N) is 6. The molecule has 2 aliphatic rings. The Morgan fingerprint density at radius 1 is 1.00 bits per heavy atom. The SMILES string of the molecule is O=C1OC2(CCC(CNc3ncc(-c4ncccn4)cn3)CC2)CN1c1ccccn1. The summed E-state index contributed by atoms with van der Waals surface area (Å²) in [7, 11) is 0. The van der Waals surface area contributed by atoms with Gasteiger partial charge in [-0.2, -0.15) is 0 Å². The molecule has 0 bridgehead atoms. The van der Waals surface area contributed by atoms with Gasteiger partial charge in [-0.05, 0) is 49.8 Å². The van der Waals surface area contributed by atoms with Crippen molar-refractivity contribution in [1.82, 2.24) is 24.9 Å². The van der Waals surface area contributed by atoms with E-state index < -0.39 is 5.60 Å². The van der Waals surface area contributed by atoms with E-state index in [0.717, 1.165) is 37.8 Å². The fourth-order valence-corrected chi connectivity index (χ4v) is 4.20. The lowest BCUT2D eigenvalue weighted by Gasteiger charge is -2.35. The zero-order valence-electron chi connectivity index (χ0n) is 17.0. The van der Waals surface area contributed by atoms with Crippen LogP contribution in [0.1, 0.15) is 25.7 Å². The van der Waals surface area contributed by atoms with Crippen molar-refractivity contribution in [2.24, 2.45) is 5.92 Å². The number of anilines is 2. The Morgan fingerprint density at radius 2 is 1.74 bits per heavy atom. The molecule has 2 fully saturated rings. The smallest absolute Gasteiger partial charge is 0.416 e. The third kappa shape index (κ3) is 4.16. The van der Waals surface area contributed by atoms with Crippen LogP contribution in [0.3, 0.4) is 0 Å². The summed E-state index contributed by atoms with van der Waals surface area (Å²) >= 11 is 0. The number of ether oxygens (including phenoxy) is 1. The molecule has 0 unspecified atom stereocenters. The fraction of sp³-hybridized carbons (Fsp3) is 0.364. The number of carbonyl (C=O) groups excluding carboxylic acids is 1. The first kappa shape index (κ1) is 19.3. The number of hydrogen-bond acceptors (Lipinski definition) is 8. The summed E-state index contributed by atoms with van der Waals surface area (Å²) in [6, 6.07) is 7.33. The number of nitrogens with one attached hydrogen (secondary N) is 1. The minimum Gasteiger partial charge on any atom is -0.441 e. The minimum absolute atomic E-state index is 0.300. The molecule has 9 nitrogen and oxygen atoms in total. The molecule has 1 saturated carbocycles. The zero-order valence-corrected chi connectivity index (χ0v) is 17.0. The van der Waals surface area contributed by atoms with Crippen molar-refractivity contribution in [2.45, 2.75) is 31.3 Å². The maximum absolute atomic E-state index is 12.4. The monoisotopic (exact) mass is 417 g/mol. The molecule has 1 aliphatic carbocycles. The van der Waals surface area contributed by atoms with E-state index in [2.05, 4.69) is 30.2 Å². The van der Waals surface area contributed by atoms with Crippen molar-refractivity contribution >= 4 is 17.9 Å². The van der Waals surface area contributed by atoms with Gasteiger partial charge in [0, 0.05) is 37.5 Å². The molecule has 1 N–H and O–H groups in total. The lowest BCUT2D eigenvalue weighted by atomic mass is 9.78. The second-order valence-electron chi connectivity index (χ2n) is 8.02. The second-order valence-corrected chi connectivity index (χ2v) is 8.02. The van der Waals surface area contributed by atoms with E-state index in [1.54, 1.807) is 42.0 Å². The second kappa shape index (κ2) is 8.25. The molecule has 9 heteroatoms. The molecule has 3 aromatic rings. The summed E-state index contributed by atoms with van der Waals surface area (Å²) in [5.74, 6) is 2.33. The van der Waals surface area contributed by atoms with Crippen LogP contribution in [0.5, 0.6) is 0 Å². The summed E-state index contributed by atoms with van der Waals surface area (Å²) in [4.78, 5) is 35.5. The molecule has 158 valence electrons. The predicted molar refractivity (Wildman–Crippen MR) is 114 cm³/mol. The third-order valence-electron chi connectivity index (χ3n) is 5.94. The number of aromatic nitrogens is 5. The number of amides is 1. The maximum atomic E-state index is 12.4. The molecule has 1 saturated heterocycles. The van der Waals surface area contributed by atoms with Gasteiger partial charge in [0.1, 0.15) is 11.4 Å². The van der Waals surface area contributed by atoms with Crippen molar-refractivity contribution in [2.75, 3.05) is 23.3 Å². The van der Waals surface area contributed by atoms with Gasteiger partial charge in [-0.3, -0.25) is 4.90 Å². The Kier molecular flexibility index (Phi) is 5.15. The van der Waals surface area contributed by atoms with Crippen LogP contribution in [0.2, 0.25) is 0 Å². The average molecular weight is 417 g/mol. The van der Waals surface area contributed by atoms with Gasteiger partial charge in [-0.15, -0.1) is 0 Å². The molecule has 0 aromatic carbocycles. The fourth-order valence-electron chi connectivity index (χ4n) is 4.20. The molecular weight excluding hydrogens is 394 g/mol. The summed E-state index contributed by atoms with van der Waals surface area (Å²) in [6.07, 6.45) is 11.9. The Balaban J connectivity index is 1.14. The van der Waals surface area contributed by atoms with Crippen molar-refractivity contribution < 1.29 is 9.53 Å². The first-order chi connectivity index (χ1) is 15.2. The Hall–Kier alpha value is -3.62. The highest BCUT2D eigenvalue weighted by molar-refractivity contribution is 5.89. The standard InChI is InChI=1S/C22H23N7O2/c30-21-29(18-4-1-2-9-23-18)15-22(31-21)7-5-16(6-8-22)12-26-20-27-13-17(14-28-20)19-24-10-3-11-25-19/h1-4,9-11,13-14,16H,5-8,12,15H2,(H,26,27,28). The lowest BCUT2D eigenvalue weighted by Crippen LogP contribution is -2.39. The molecule has 0 radical (unpaired) electrons. The number of rotatable bonds is 5. The lowest BCUT2D eigenvalue weighted by molar-refractivity contribution is 0.0148. The summed E-state index contributed by atoms with van der Waals surface area (Å²) in [5, 5.41) is 3.32. The van der Waals surface area contributed by atoms with Gasteiger partial charge in [0.25, 0.3) is 0 Å². The van der Waals surface area contributed by atoms with Gasteiger partial charge in [0.05, 0.1) is 12.1 Å². The Labute approximate surface area is 180 Å². The molecule has 0 atom stereocenters. The van der Waals surface area contributed by atoms with E-state index in [9.17, 15) is 4.79 Å². The van der Waals surface area contributed by atoms with Gasteiger partial charge in [0.2, 0.25) is 5.95 Å². The van der Waals surface area contributed by atoms with Crippen LogP contribution in [0.4, 0.5) is 16.6 Å². The molecule has 3 aromatic heterocycles. The number of pyridine rings is 1. The summed E-state index contributed by atoms with van der Waals surface area (Å²) in [5.41, 5.74) is 0.380. The van der Waals surface area contributed by atoms with E-state index in [1.165, 1.54) is 0 Å². The maximum Gasteiger partial charge on any atom is 0.416 e. The van der Waals surface area contributed by atoms with Crippen LogP contribution in [0.15, 0.2) is 55.2 Å². The van der Waals surface area contributed by atoms with E-state index in [1.807, 2.05) is 18.2 Å². The Morgan fingerprint density at radius 3 is 2.45 bits per heavy atom. The molecular formula is C22H23N7O2. The highest BCUT2D eigenvalue weighted by atomic mass is 16.6. The quantitative estimate of drug-likeness (QED) is 0.674. The summed E-state index contributed by atoms with van der Waals surface area (Å²) < 4.78 is 5.81. The predicted octanol–water partition coefficient (Wildman–Crippen LogP) is 3.33. The van der Waals surface area contributed by atoms with E-state index in [0.29, 0.717) is 30.1 Å². The third-order valence-corrected chi connectivity index (χ3v) is 5.94. The van der Waals surface area contributed by atoms with Crippen molar-refractivity contribution in [3.63, 3.8) is 0 Å². The topological polar surface area (TPSA) is 106 Å². The van der Waals surface area contributed by atoms with Gasteiger partial charge < -0.3 is 10.1 Å². The van der Waals surface area contributed by atoms with Crippen LogP contribution in [0.25, 0.3) is 11.4 Å². The van der Waals surface area contributed by atoms with Crippen LogP contribution >= 0.6 is 0 Å². The number of carbonyl (C=O) groups is 1. The van der Waals surface area contributed by atoms with E-state index in [-0.39, 0.29) is 6.09 Å². The summed E-state index contributed by atoms with van der Waals surface area (Å²) in [6.45, 7) is 1.35. The molecule has 31 heavy (non-hydrogen) atoms.